The summed E-state index contributed by atoms with van der Waals surface area (Å²) in [6.07, 6.45) is 3.47. The summed E-state index contributed by atoms with van der Waals surface area (Å²) in [5, 5.41) is 9.45. The van der Waals surface area contributed by atoms with Crippen molar-refractivity contribution in [2.45, 2.75) is 45.1 Å². The molecule has 21 heavy (non-hydrogen) atoms. The first-order valence-electron chi connectivity index (χ1n) is 7.86. The second-order valence-corrected chi connectivity index (χ2v) is 5.60. The molecular formula is C17H25NO3. The summed E-state index contributed by atoms with van der Waals surface area (Å²) in [6, 6.07) is 7.98. The fourth-order valence-corrected chi connectivity index (χ4v) is 2.50. The van der Waals surface area contributed by atoms with Crippen molar-refractivity contribution >= 4 is 5.91 Å². The van der Waals surface area contributed by atoms with Crippen molar-refractivity contribution in [1.82, 2.24) is 4.90 Å². The normalized spacial score (nSPS) is 16.0. The minimum absolute atomic E-state index is 0.188. The number of nitrogens with zero attached hydrogens (tertiary/aromatic N) is 1. The first-order chi connectivity index (χ1) is 10.2. The number of likely N-dealkylation sites (tertiary alicyclic amines) is 1. The van der Waals surface area contributed by atoms with E-state index in [1.54, 1.807) is 0 Å². The lowest BCUT2D eigenvalue weighted by molar-refractivity contribution is -0.133. The summed E-state index contributed by atoms with van der Waals surface area (Å²) in [4.78, 5) is 14.0. The molecule has 0 atom stereocenters. The molecule has 116 valence electrons. The Bertz CT molecular complexity index is 436. The van der Waals surface area contributed by atoms with Gasteiger partial charge in [0.2, 0.25) is 5.91 Å². The number of carbonyl (C=O) groups excluding carboxylic acids is 1. The van der Waals surface area contributed by atoms with E-state index in [-0.39, 0.29) is 12.0 Å². The zero-order valence-electron chi connectivity index (χ0n) is 12.8. The average Bonchev–Trinajstić information content (AvgIpc) is 2.52. The van der Waals surface area contributed by atoms with Gasteiger partial charge in [0.25, 0.3) is 0 Å². The molecule has 1 aliphatic rings. The SMILES string of the molecule is CCCOc1ccc(CCC(=O)N2CCC(O)CC2)cc1. The van der Waals surface area contributed by atoms with Crippen molar-refractivity contribution in [3.63, 3.8) is 0 Å². The highest BCUT2D eigenvalue weighted by Crippen LogP contribution is 2.15. The van der Waals surface area contributed by atoms with Gasteiger partial charge in [-0.1, -0.05) is 19.1 Å². The van der Waals surface area contributed by atoms with Crippen molar-refractivity contribution in [2.24, 2.45) is 0 Å². The van der Waals surface area contributed by atoms with E-state index >= 15 is 0 Å². The van der Waals surface area contributed by atoms with Gasteiger partial charge in [-0.15, -0.1) is 0 Å². The molecule has 1 N–H and O–H groups in total. The third-order valence-electron chi connectivity index (χ3n) is 3.84. The molecule has 1 aliphatic heterocycles. The molecule has 0 bridgehead atoms. The maximum Gasteiger partial charge on any atom is 0.222 e. The number of aliphatic hydroxyl groups excluding tert-OH is 1. The van der Waals surface area contributed by atoms with Crippen LogP contribution in [0.25, 0.3) is 0 Å². The van der Waals surface area contributed by atoms with Crippen LogP contribution in [0, 0.1) is 0 Å². The molecule has 1 heterocycles. The Morgan fingerprint density at radius 2 is 1.95 bits per heavy atom. The molecule has 0 aliphatic carbocycles. The van der Waals surface area contributed by atoms with Gasteiger partial charge in [-0.3, -0.25) is 4.79 Å². The van der Waals surface area contributed by atoms with Gasteiger partial charge in [-0.2, -0.15) is 0 Å². The molecule has 0 aromatic heterocycles. The standard InChI is InChI=1S/C17H25NO3/c1-2-13-21-16-6-3-14(4-7-16)5-8-17(20)18-11-9-15(19)10-12-18/h3-4,6-7,15,19H,2,5,8-13H2,1H3. The first kappa shape index (κ1) is 15.8. The number of aliphatic hydroxyl groups is 1. The van der Waals surface area contributed by atoms with Crippen molar-refractivity contribution < 1.29 is 14.6 Å². The second-order valence-electron chi connectivity index (χ2n) is 5.60. The Hall–Kier alpha value is -1.55. The number of carbonyl (C=O) groups is 1. The maximum absolute atomic E-state index is 12.1. The molecule has 1 aromatic carbocycles. The third kappa shape index (κ3) is 5.05. The lowest BCUT2D eigenvalue weighted by Gasteiger charge is -2.29. The number of aryl methyl sites for hydroxylation is 1. The van der Waals surface area contributed by atoms with E-state index in [0.717, 1.165) is 30.8 Å². The topological polar surface area (TPSA) is 49.8 Å². The number of hydrogen-bond donors (Lipinski definition) is 1. The van der Waals surface area contributed by atoms with E-state index in [9.17, 15) is 9.90 Å². The molecule has 4 nitrogen and oxygen atoms in total. The zero-order chi connectivity index (χ0) is 15.1. The fraction of sp³-hybridized carbons (Fsp3) is 0.588. The van der Waals surface area contributed by atoms with E-state index in [4.69, 9.17) is 4.74 Å². The largest absolute Gasteiger partial charge is 0.494 e. The van der Waals surface area contributed by atoms with Gasteiger partial charge in [0.1, 0.15) is 5.75 Å². The zero-order valence-corrected chi connectivity index (χ0v) is 12.8. The van der Waals surface area contributed by atoms with Crippen LogP contribution < -0.4 is 4.74 Å². The maximum atomic E-state index is 12.1. The van der Waals surface area contributed by atoms with Gasteiger partial charge in [-0.05, 0) is 43.4 Å². The van der Waals surface area contributed by atoms with E-state index in [1.807, 2.05) is 29.2 Å². The van der Waals surface area contributed by atoms with Gasteiger partial charge in [0.05, 0.1) is 12.7 Å². The van der Waals surface area contributed by atoms with Gasteiger partial charge in [-0.25, -0.2) is 0 Å². The summed E-state index contributed by atoms with van der Waals surface area (Å²) < 4.78 is 5.54. The van der Waals surface area contributed by atoms with E-state index in [2.05, 4.69) is 6.92 Å². The number of amides is 1. The van der Waals surface area contributed by atoms with E-state index < -0.39 is 0 Å². The monoisotopic (exact) mass is 291 g/mol. The molecule has 1 saturated heterocycles. The van der Waals surface area contributed by atoms with Crippen molar-refractivity contribution in [1.29, 1.82) is 0 Å². The van der Waals surface area contributed by atoms with Crippen LogP contribution >= 0.6 is 0 Å². The molecule has 0 saturated carbocycles. The van der Waals surface area contributed by atoms with Crippen molar-refractivity contribution in [2.75, 3.05) is 19.7 Å². The summed E-state index contributed by atoms with van der Waals surface area (Å²) in [7, 11) is 0. The highest BCUT2D eigenvalue weighted by atomic mass is 16.5. The van der Waals surface area contributed by atoms with Crippen molar-refractivity contribution in [3.8, 4) is 5.75 Å². The lowest BCUT2D eigenvalue weighted by Crippen LogP contribution is -2.40. The minimum Gasteiger partial charge on any atom is -0.494 e. The van der Waals surface area contributed by atoms with Crippen LogP contribution in [-0.2, 0) is 11.2 Å². The van der Waals surface area contributed by atoms with Crippen LogP contribution in [0.3, 0.4) is 0 Å². The van der Waals surface area contributed by atoms with Crippen molar-refractivity contribution in [3.05, 3.63) is 29.8 Å². The minimum atomic E-state index is -0.232. The van der Waals surface area contributed by atoms with Crippen LogP contribution in [0.1, 0.15) is 38.2 Å². The predicted molar refractivity (Wildman–Crippen MR) is 82.4 cm³/mol. The number of rotatable bonds is 6. The molecule has 1 aromatic rings. The second kappa shape index (κ2) is 8.03. The number of piperidine rings is 1. The van der Waals surface area contributed by atoms with Gasteiger partial charge >= 0.3 is 0 Å². The molecule has 0 radical (unpaired) electrons. The smallest absolute Gasteiger partial charge is 0.222 e. The molecule has 2 rings (SSSR count). The summed E-state index contributed by atoms with van der Waals surface area (Å²) in [6.45, 7) is 4.19. The van der Waals surface area contributed by atoms with Crippen LogP contribution in [-0.4, -0.2) is 41.7 Å². The molecule has 1 amide bonds. The molecular weight excluding hydrogens is 266 g/mol. The quantitative estimate of drug-likeness (QED) is 0.875. The van der Waals surface area contributed by atoms with Gasteiger partial charge in [0, 0.05) is 19.5 Å². The third-order valence-corrected chi connectivity index (χ3v) is 3.84. The predicted octanol–water partition coefficient (Wildman–Crippen LogP) is 2.39. The van der Waals surface area contributed by atoms with Crippen LogP contribution in [0.15, 0.2) is 24.3 Å². The molecule has 0 unspecified atom stereocenters. The Morgan fingerprint density at radius 1 is 1.29 bits per heavy atom. The lowest BCUT2D eigenvalue weighted by atomic mass is 10.1. The summed E-state index contributed by atoms with van der Waals surface area (Å²) in [5.41, 5.74) is 1.16. The van der Waals surface area contributed by atoms with Gasteiger partial charge < -0.3 is 14.7 Å². The van der Waals surface area contributed by atoms with Crippen LogP contribution in [0.5, 0.6) is 5.75 Å². The Kier molecular flexibility index (Phi) is 6.05. The fourth-order valence-electron chi connectivity index (χ4n) is 2.50. The Labute approximate surface area is 126 Å². The Morgan fingerprint density at radius 3 is 2.57 bits per heavy atom. The molecule has 0 spiro atoms. The van der Waals surface area contributed by atoms with Crippen LogP contribution in [0.4, 0.5) is 0 Å². The number of ether oxygens (including phenoxy) is 1. The van der Waals surface area contributed by atoms with E-state index in [0.29, 0.717) is 32.4 Å². The molecule has 4 heteroatoms. The summed E-state index contributed by atoms with van der Waals surface area (Å²) >= 11 is 0. The summed E-state index contributed by atoms with van der Waals surface area (Å²) in [5.74, 6) is 1.07. The van der Waals surface area contributed by atoms with E-state index in [1.165, 1.54) is 0 Å². The highest BCUT2D eigenvalue weighted by molar-refractivity contribution is 5.76. The van der Waals surface area contributed by atoms with Crippen LogP contribution in [0.2, 0.25) is 0 Å². The number of benzene rings is 1. The van der Waals surface area contributed by atoms with Gasteiger partial charge in [0.15, 0.2) is 0 Å². The first-order valence-corrected chi connectivity index (χ1v) is 7.86. The molecule has 1 fully saturated rings. The average molecular weight is 291 g/mol. The number of hydrogen-bond acceptors (Lipinski definition) is 3. The highest BCUT2D eigenvalue weighted by Gasteiger charge is 2.20. The Balaban J connectivity index is 1.75.